The molecule has 2 aliphatic heterocycles. The second kappa shape index (κ2) is 6.43. The molecule has 0 saturated carbocycles. The summed E-state index contributed by atoms with van der Waals surface area (Å²) in [6.07, 6.45) is 9.60. The van der Waals surface area contributed by atoms with Crippen molar-refractivity contribution in [1.29, 1.82) is 0 Å². The van der Waals surface area contributed by atoms with E-state index in [0.29, 0.717) is 6.54 Å². The Morgan fingerprint density at radius 2 is 1.83 bits per heavy atom. The van der Waals surface area contributed by atoms with Gasteiger partial charge in [0.1, 0.15) is 5.82 Å². The van der Waals surface area contributed by atoms with Gasteiger partial charge in [-0.25, -0.2) is 0 Å². The number of allylic oxidation sites excluding steroid dienone is 2. The number of aromatic nitrogens is 3. The lowest BCUT2D eigenvalue weighted by molar-refractivity contribution is -0.135. The normalized spacial score (nSPS) is 22.5. The van der Waals surface area contributed by atoms with E-state index in [-0.39, 0.29) is 11.8 Å². The molecule has 6 heteroatoms. The third-order valence-electron chi connectivity index (χ3n) is 5.28. The SMILES string of the molecule is O=C(C1CC=CC1)N1CCCn2c(CN3CCCC3)nnc2C1. The fourth-order valence-corrected chi connectivity index (χ4v) is 3.94. The quantitative estimate of drug-likeness (QED) is 0.795. The van der Waals surface area contributed by atoms with Crippen molar-refractivity contribution >= 4 is 5.91 Å². The first-order valence-corrected chi connectivity index (χ1v) is 8.88. The molecule has 1 fully saturated rings. The van der Waals surface area contributed by atoms with Gasteiger partial charge in [0.25, 0.3) is 0 Å². The zero-order valence-electron chi connectivity index (χ0n) is 13.7. The number of rotatable bonds is 3. The maximum absolute atomic E-state index is 12.7. The number of hydrogen-bond acceptors (Lipinski definition) is 4. The van der Waals surface area contributed by atoms with Crippen molar-refractivity contribution < 1.29 is 4.79 Å². The fraction of sp³-hybridized carbons (Fsp3) is 0.706. The molecule has 1 saturated heterocycles. The molecule has 124 valence electrons. The Balaban J connectivity index is 1.46. The van der Waals surface area contributed by atoms with Crippen LogP contribution < -0.4 is 0 Å². The van der Waals surface area contributed by atoms with Gasteiger partial charge in [-0.3, -0.25) is 9.69 Å². The first-order valence-electron chi connectivity index (χ1n) is 8.88. The molecule has 6 nitrogen and oxygen atoms in total. The molecule has 0 aromatic carbocycles. The van der Waals surface area contributed by atoms with E-state index in [2.05, 4.69) is 31.8 Å². The van der Waals surface area contributed by atoms with Gasteiger partial charge in [-0.2, -0.15) is 0 Å². The summed E-state index contributed by atoms with van der Waals surface area (Å²) in [6.45, 7) is 5.61. The molecular formula is C17H25N5O. The van der Waals surface area contributed by atoms with E-state index in [4.69, 9.17) is 0 Å². The third-order valence-corrected chi connectivity index (χ3v) is 5.28. The van der Waals surface area contributed by atoms with Gasteiger partial charge in [0.2, 0.25) is 5.91 Å². The van der Waals surface area contributed by atoms with Crippen molar-refractivity contribution in [2.24, 2.45) is 5.92 Å². The molecule has 23 heavy (non-hydrogen) atoms. The van der Waals surface area contributed by atoms with E-state index >= 15 is 0 Å². The molecule has 0 spiro atoms. The van der Waals surface area contributed by atoms with Crippen LogP contribution in [0, 0.1) is 5.92 Å². The van der Waals surface area contributed by atoms with Crippen LogP contribution in [0.15, 0.2) is 12.2 Å². The Morgan fingerprint density at radius 1 is 1.04 bits per heavy atom. The molecule has 0 N–H and O–H groups in total. The number of nitrogens with zero attached hydrogens (tertiary/aromatic N) is 5. The standard InChI is InChI=1S/C17H25N5O/c23-17(14-6-1-2-7-14)21-10-5-11-22-15(18-19-16(22)13-21)12-20-8-3-4-9-20/h1-2,14H,3-13H2. The first-order chi connectivity index (χ1) is 11.3. The fourth-order valence-electron chi connectivity index (χ4n) is 3.94. The second-order valence-corrected chi connectivity index (χ2v) is 6.92. The summed E-state index contributed by atoms with van der Waals surface area (Å²) in [5.41, 5.74) is 0. The lowest BCUT2D eigenvalue weighted by Crippen LogP contribution is -2.35. The average Bonchev–Trinajstić information content (AvgIpc) is 3.29. The van der Waals surface area contributed by atoms with Crippen molar-refractivity contribution in [2.75, 3.05) is 19.6 Å². The van der Waals surface area contributed by atoms with E-state index in [9.17, 15) is 4.79 Å². The summed E-state index contributed by atoms with van der Waals surface area (Å²) in [5.74, 6) is 2.45. The number of carbonyl (C=O) groups is 1. The summed E-state index contributed by atoms with van der Waals surface area (Å²) >= 11 is 0. The number of carbonyl (C=O) groups excluding carboxylic acids is 1. The number of hydrogen-bond donors (Lipinski definition) is 0. The molecular weight excluding hydrogens is 290 g/mol. The van der Waals surface area contributed by atoms with Gasteiger partial charge in [-0.05, 0) is 45.2 Å². The molecule has 1 amide bonds. The number of fused-ring (bicyclic) bond motifs is 1. The summed E-state index contributed by atoms with van der Waals surface area (Å²) < 4.78 is 2.25. The van der Waals surface area contributed by atoms with Crippen LogP contribution in [0.1, 0.15) is 43.8 Å². The predicted molar refractivity (Wildman–Crippen MR) is 86.4 cm³/mol. The highest BCUT2D eigenvalue weighted by molar-refractivity contribution is 5.79. The van der Waals surface area contributed by atoms with Gasteiger partial charge in [0.05, 0.1) is 13.1 Å². The Kier molecular flexibility index (Phi) is 4.16. The first kappa shape index (κ1) is 14.9. The molecule has 0 bridgehead atoms. The van der Waals surface area contributed by atoms with Gasteiger partial charge < -0.3 is 9.47 Å². The van der Waals surface area contributed by atoms with Gasteiger partial charge in [-0.1, -0.05) is 12.2 Å². The Labute approximate surface area is 137 Å². The minimum Gasteiger partial charge on any atom is -0.335 e. The van der Waals surface area contributed by atoms with Crippen LogP contribution in [0.3, 0.4) is 0 Å². The monoisotopic (exact) mass is 315 g/mol. The molecule has 4 rings (SSSR count). The molecule has 0 atom stereocenters. The number of likely N-dealkylation sites (tertiary alicyclic amines) is 1. The third kappa shape index (κ3) is 3.04. The van der Waals surface area contributed by atoms with Gasteiger partial charge in [-0.15, -0.1) is 10.2 Å². The molecule has 1 aromatic rings. The van der Waals surface area contributed by atoms with Crippen LogP contribution in [-0.2, 0) is 24.4 Å². The highest BCUT2D eigenvalue weighted by Crippen LogP contribution is 2.23. The van der Waals surface area contributed by atoms with Crippen LogP contribution in [0.5, 0.6) is 0 Å². The van der Waals surface area contributed by atoms with Crippen molar-refractivity contribution in [3.8, 4) is 0 Å². The van der Waals surface area contributed by atoms with Crippen LogP contribution in [0.4, 0.5) is 0 Å². The van der Waals surface area contributed by atoms with Gasteiger partial charge in [0.15, 0.2) is 5.82 Å². The minimum absolute atomic E-state index is 0.147. The van der Waals surface area contributed by atoms with Crippen LogP contribution in [0.25, 0.3) is 0 Å². The Morgan fingerprint density at radius 3 is 2.61 bits per heavy atom. The molecule has 1 aromatic heterocycles. The minimum atomic E-state index is 0.147. The van der Waals surface area contributed by atoms with Crippen molar-refractivity contribution in [2.45, 2.75) is 51.7 Å². The molecule has 1 aliphatic carbocycles. The lowest BCUT2D eigenvalue weighted by atomic mass is 10.1. The average molecular weight is 315 g/mol. The van der Waals surface area contributed by atoms with Gasteiger partial charge in [0, 0.05) is 19.0 Å². The summed E-state index contributed by atoms with van der Waals surface area (Å²) in [6, 6.07) is 0. The van der Waals surface area contributed by atoms with E-state index in [1.54, 1.807) is 0 Å². The van der Waals surface area contributed by atoms with E-state index < -0.39 is 0 Å². The summed E-state index contributed by atoms with van der Waals surface area (Å²) in [7, 11) is 0. The second-order valence-electron chi connectivity index (χ2n) is 6.92. The highest BCUT2D eigenvalue weighted by atomic mass is 16.2. The molecule has 0 radical (unpaired) electrons. The van der Waals surface area contributed by atoms with Crippen molar-refractivity contribution in [1.82, 2.24) is 24.6 Å². The number of amides is 1. The van der Waals surface area contributed by atoms with E-state index in [0.717, 1.165) is 50.5 Å². The Hall–Kier alpha value is -1.69. The van der Waals surface area contributed by atoms with E-state index in [1.165, 1.54) is 25.9 Å². The smallest absolute Gasteiger partial charge is 0.226 e. The molecule has 0 unspecified atom stereocenters. The van der Waals surface area contributed by atoms with Crippen LogP contribution in [-0.4, -0.2) is 50.1 Å². The zero-order chi connectivity index (χ0) is 15.6. The maximum Gasteiger partial charge on any atom is 0.226 e. The topological polar surface area (TPSA) is 54.3 Å². The van der Waals surface area contributed by atoms with Crippen LogP contribution in [0.2, 0.25) is 0 Å². The van der Waals surface area contributed by atoms with Crippen molar-refractivity contribution in [3.63, 3.8) is 0 Å². The van der Waals surface area contributed by atoms with E-state index in [1.807, 2.05) is 4.90 Å². The molecule has 3 aliphatic rings. The zero-order valence-corrected chi connectivity index (χ0v) is 13.7. The lowest BCUT2D eigenvalue weighted by Gasteiger charge is -2.23. The maximum atomic E-state index is 12.7. The largest absolute Gasteiger partial charge is 0.335 e. The summed E-state index contributed by atoms with van der Waals surface area (Å²) in [4.78, 5) is 17.1. The highest BCUT2D eigenvalue weighted by Gasteiger charge is 2.28. The summed E-state index contributed by atoms with van der Waals surface area (Å²) in [5, 5.41) is 8.81. The van der Waals surface area contributed by atoms with Gasteiger partial charge >= 0.3 is 0 Å². The Bertz CT molecular complexity index is 594. The van der Waals surface area contributed by atoms with Crippen molar-refractivity contribution in [3.05, 3.63) is 23.8 Å². The molecule has 3 heterocycles. The van der Waals surface area contributed by atoms with Crippen LogP contribution >= 0.6 is 0 Å². The predicted octanol–water partition coefficient (Wildman–Crippen LogP) is 1.57.